The van der Waals surface area contributed by atoms with Crippen molar-refractivity contribution in [3.8, 4) is 28.6 Å². The quantitative estimate of drug-likeness (QED) is 0.558. The molecular weight excluding hydrogens is 273 g/mol. The molecule has 0 unspecified atom stereocenters. The molecule has 5 nitrogen and oxygen atoms in total. The van der Waals surface area contributed by atoms with E-state index in [-0.39, 0.29) is 29.0 Å². The van der Waals surface area contributed by atoms with Gasteiger partial charge in [-0.3, -0.25) is 0 Å². The second kappa shape index (κ2) is 4.90. The van der Waals surface area contributed by atoms with Crippen molar-refractivity contribution in [3.63, 3.8) is 0 Å². The Labute approximate surface area is 119 Å². The Morgan fingerprint density at radius 2 is 2.00 bits per heavy atom. The first-order valence-corrected chi connectivity index (χ1v) is 6.24. The van der Waals surface area contributed by atoms with E-state index in [1.165, 1.54) is 12.1 Å². The lowest BCUT2D eigenvalue weighted by atomic mass is 10.1. The summed E-state index contributed by atoms with van der Waals surface area (Å²) in [5.74, 6) is -0.125. The average Bonchev–Trinajstić information content (AvgIpc) is 2.94. The number of nitrogens with two attached hydrogens (primary N) is 1. The summed E-state index contributed by atoms with van der Waals surface area (Å²) in [6, 6.07) is 9.18. The fourth-order valence-electron chi connectivity index (χ4n) is 2.01. The standard InChI is InChI=1S/C15H12FN3O2/c1-8-5-6-9(16)7-11(8)14-18-15(21-19-14)10-3-2-4-12(17)13(10)20/h2-7,20H,17H2,1H3. The maximum absolute atomic E-state index is 13.3. The third kappa shape index (κ3) is 2.31. The SMILES string of the molecule is Cc1ccc(F)cc1-c1noc(-c2cccc(N)c2O)n1. The number of aromatic nitrogens is 2. The summed E-state index contributed by atoms with van der Waals surface area (Å²) >= 11 is 0. The first-order valence-electron chi connectivity index (χ1n) is 6.24. The van der Waals surface area contributed by atoms with E-state index in [4.69, 9.17) is 10.3 Å². The Morgan fingerprint density at radius 1 is 1.19 bits per heavy atom. The van der Waals surface area contributed by atoms with Crippen molar-refractivity contribution >= 4 is 5.69 Å². The molecule has 3 aromatic rings. The number of rotatable bonds is 2. The zero-order valence-electron chi connectivity index (χ0n) is 11.2. The molecule has 0 amide bonds. The molecule has 0 fully saturated rings. The minimum atomic E-state index is -0.381. The predicted molar refractivity (Wildman–Crippen MR) is 75.9 cm³/mol. The molecule has 6 heteroatoms. The zero-order valence-corrected chi connectivity index (χ0v) is 11.2. The van der Waals surface area contributed by atoms with Crippen LogP contribution in [0.5, 0.6) is 5.75 Å². The van der Waals surface area contributed by atoms with Gasteiger partial charge in [0, 0.05) is 5.56 Å². The van der Waals surface area contributed by atoms with Gasteiger partial charge in [-0.1, -0.05) is 17.3 Å². The zero-order chi connectivity index (χ0) is 15.0. The van der Waals surface area contributed by atoms with Crippen LogP contribution in [0.15, 0.2) is 40.9 Å². The second-order valence-corrected chi connectivity index (χ2v) is 4.63. The van der Waals surface area contributed by atoms with E-state index in [9.17, 15) is 9.50 Å². The van der Waals surface area contributed by atoms with Crippen LogP contribution in [0.1, 0.15) is 5.56 Å². The van der Waals surface area contributed by atoms with Crippen LogP contribution in [-0.2, 0) is 0 Å². The maximum Gasteiger partial charge on any atom is 0.262 e. The third-order valence-electron chi connectivity index (χ3n) is 3.16. The molecule has 0 spiro atoms. The monoisotopic (exact) mass is 285 g/mol. The second-order valence-electron chi connectivity index (χ2n) is 4.63. The molecule has 1 aromatic heterocycles. The van der Waals surface area contributed by atoms with E-state index in [0.717, 1.165) is 5.56 Å². The highest BCUT2D eigenvalue weighted by Crippen LogP contribution is 2.33. The summed E-state index contributed by atoms with van der Waals surface area (Å²) in [4.78, 5) is 4.19. The summed E-state index contributed by atoms with van der Waals surface area (Å²) < 4.78 is 18.5. The number of nitrogens with zero attached hydrogens (tertiary/aromatic N) is 2. The van der Waals surface area contributed by atoms with E-state index < -0.39 is 0 Å². The number of anilines is 1. The van der Waals surface area contributed by atoms with Gasteiger partial charge in [0.05, 0.1) is 11.3 Å². The Balaban J connectivity index is 2.08. The molecule has 0 aliphatic rings. The van der Waals surface area contributed by atoms with Gasteiger partial charge in [0.15, 0.2) is 5.75 Å². The van der Waals surface area contributed by atoms with E-state index in [1.54, 1.807) is 24.3 Å². The molecule has 3 N–H and O–H groups in total. The normalized spacial score (nSPS) is 10.8. The van der Waals surface area contributed by atoms with E-state index in [2.05, 4.69) is 10.1 Å². The van der Waals surface area contributed by atoms with Gasteiger partial charge in [-0.05, 0) is 36.8 Å². The lowest BCUT2D eigenvalue weighted by Gasteiger charge is -2.02. The highest BCUT2D eigenvalue weighted by atomic mass is 19.1. The Hall–Kier alpha value is -2.89. The van der Waals surface area contributed by atoms with Crippen LogP contribution in [0.3, 0.4) is 0 Å². The smallest absolute Gasteiger partial charge is 0.262 e. The van der Waals surface area contributed by atoms with Gasteiger partial charge in [0.1, 0.15) is 5.82 Å². The number of halogens is 1. The van der Waals surface area contributed by atoms with Gasteiger partial charge >= 0.3 is 0 Å². The van der Waals surface area contributed by atoms with Crippen molar-refractivity contribution in [1.82, 2.24) is 10.1 Å². The summed E-state index contributed by atoms with van der Waals surface area (Å²) in [7, 11) is 0. The van der Waals surface area contributed by atoms with Crippen molar-refractivity contribution < 1.29 is 14.0 Å². The molecule has 0 aliphatic carbocycles. The lowest BCUT2D eigenvalue weighted by molar-refractivity contribution is 0.426. The van der Waals surface area contributed by atoms with Gasteiger partial charge in [-0.25, -0.2) is 4.39 Å². The van der Waals surface area contributed by atoms with Gasteiger partial charge < -0.3 is 15.4 Å². The molecule has 0 saturated carbocycles. The van der Waals surface area contributed by atoms with Gasteiger partial charge in [-0.15, -0.1) is 0 Å². The molecule has 0 aliphatic heterocycles. The average molecular weight is 285 g/mol. The van der Waals surface area contributed by atoms with E-state index >= 15 is 0 Å². The molecule has 0 radical (unpaired) electrons. The van der Waals surface area contributed by atoms with Crippen LogP contribution in [0.2, 0.25) is 0 Å². The number of phenols is 1. The van der Waals surface area contributed by atoms with Crippen LogP contribution in [0.25, 0.3) is 22.8 Å². The number of aryl methyl sites for hydroxylation is 1. The van der Waals surface area contributed by atoms with E-state index in [0.29, 0.717) is 11.1 Å². The fraction of sp³-hybridized carbons (Fsp3) is 0.0667. The molecule has 1 heterocycles. The van der Waals surface area contributed by atoms with Crippen LogP contribution in [0.4, 0.5) is 10.1 Å². The van der Waals surface area contributed by atoms with E-state index in [1.807, 2.05) is 6.92 Å². The number of hydrogen-bond donors (Lipinski definition) is 2. The Kier molecular flexibility index (Phi) is 3.06. The van der Waals surface area contributed by atoms with Crippen molar-refractivity contribution in [2.45, 2.75) is 6.92 Å². The predicted octanol–water partition coefficient (Wildman–Crippen LogP) is 3.14. The number of phenolic OH excluding ortho intramolecular Hbond substituents is 1. The number of benzene rings is 2. The van der Waals surface area contributed by atoms with Crippen molar-refractivity contribution in [1.29, 1.82) is 0 Å². The van der Waals surface area contributed by atoms with Crippen LogP contribution in [-0.4, -0.2) is 15.2 Å². The number of nitrogen functional groups attached to an aromatic ring is 1. The van der Waals surface area contributed by atoms with Crippen LogP contribution >= 0.6 is 0 Å². The summed E-state index contributed by atoms with van der Waals surface area (Å²) in [5.41, 5.74) is 7.54. The fourth-order valence-corrected chi connectivity index (χ4v) is 2.01. The van der Waals surface area contributed by atoms with Crippen LogP contribution in [0, 0.1) is 12.7 Å². The molecule has 2 aromatic carbocycles. The summed E-state index contributed by atoms with van der Waals surface area (Å²) in [5, 5.41) is 13.7. The highest BCUT2D eigenvalue weighted by Gasteiger charge is 2.16. The molecular formula is C15H12FN3O2. The first kappa shape index (κ1) is 13.1. The summed E-state index contributed by atoms with van der Waals surface area (Å²) in [6.45, 7) is 1.82. The number of hydrogen-bond acceptors (Lipinski definition) is 5. The largest absolute Gasteiger partial charge is 0.505 e. The molecule has 0 saturated heterocycles. The van der Waals surface area contributed by atoms with Crippen LogP contribution < -0.4 is 5.73 Å². The number of aromatic hydroxyl groups is 1. The van der Waals surface area contributed by atoms with Gasteiger partial charge in [0.25, 0.3) is 5.89 Å². The lowest BCUT2D eigenvalue weighted by Crippen LogP contribution is -1.89. The molecule has 21 heavy (non-hydrogen) atoms. The van der Waals surface area contributed by atoms with Crippen molar-refractivity contribution in [2.24, 2.45) is 0 Å². The third-order valence-corrected chi connectivity index (χ3v) is 3.16. The van der Waals surface area contributed by atoms with Gasteiger partial charge in [0.2, 0.25) is 5.82 Å². The van der Waals surface area contributed by atoms with Gasteiger partial charge in [-0.2, -0.15) is 4.98 Å². The Morgan fingerprint density at radius 3 is 2.81 bits per heavy atom. The van der Waals surface area contributed by atoms with Crippen molar-refractivity contribution in [2.75, 3.05) is 5.73 Å². The Bertz CT molecular complexity index is 798. The molecule has 0 atom stereocenters. The van der Waals surface area contributed by atoms with Crippen molar-refractivity contribution in [3.05, 3.63) is 47.8 Å². The first-order chi connectivity index (χ1) is 10.1. The number of para-hydroxylation sites is 1. The maximum atomic E-state index is 13.3. The molecule has 3 rings (SSSR count). The topological polar surface area (TPSA) is 85.2 Å². The molecule has 0 bridgehead atoms. The minimum absolute atomic E-state index is 0.122. The molecule has 106 valence electrons. The summed E-state index contributed by atoms with van der Waals surface area (Å²) in [6.07, 6.45) is 0. The minimum Gasteiger partial charge on any atom is -0.505 e. The highest BCUT2D eigenvalue weighted by molar-refractivity contribution is 5.72.